The number of rotatable bonds is 5. The van der Waals surface area contributed by atoms with Crippen molar-refractivity contribution in [2.24, 2.45) is 5.73 Å². The number of hydrogen-bond donors (Lipinski definition) is 1. The average molecular weight is 301 g/mol. The molecule has 3 heteroatoms. The molecular formula is C18H23NOS. The minimum atomic E-state index is -1.11. The van der Waals surface area contributed by atoms with Crippen molar-refractivity contribution in [2.75, 3.05) is 0 Å². The predicted octanol–water partition coefficient (Wildman–Crippen LogP) is 4.01. The van der Waals surface area contributed by atoms with Crippen molar-refractivity contribution >= 4 is 10.8 Å². The van der Waals surface area contributed by atoms with Gasteiger partial charge in [0, 0.05) is 10.9 Å². The second-order valence-electron chi connectivity index (χ2n) is 5.66. The lowest BCUT2D eigenvalue weighted by Crippen LogP contribution is -2.27. The SMILES string of the molecule is CC(C)c1ccc(S(=O)C(C)C(N)c2ccccc2)cc1. The Morgan fingerprint density at radius 3 is 1.95 bits per heavy atom. The highest BCUT2D eigenvalue weighted by Crippen LogP contribution is 2.23. The topological polar surface area (TPSA) is 43.1 Å². The molecule has 0 aliphatic heterocycles. The van der Waals surface area contributed by atoms with Gasteiger partial charge in [-0.2, -0.15) is 0 Å². The molecule has 21 heavy (non-hydrogen) atoms. The summed E-state index contributed by atoms with van der Waals surface area (Å²) in [6.07, 6.45) is 0. The van der Waals surface area contributed by atoms with Crippen LogP contribution in [0.2, 0.25) is 0 Å². The van der Waals surface area contributed by atoms with Crippen molar-refractivity contribution < 1.29 is 4.21 Å². The smallest absolute Gasteiger partial charge is 0.0577 e. The van der Waals surface area contributed by atoms with Crippen molar-refractivity contribution in [3.05, 3.63) is 65.7 Å². The van der Waals surface area contributed by atoms with E-state index in [2.05, 4.69) is 26.0 Å². The molecule has 2 aromatic rings. The second kappa shape index (κ2) is 7.01. The van der Waals surface area contributed by atoms with E-state index in [-0.39, 0.29) is 11.3 Å². The molecule has 0 radical (unpaired) electrons. The largest absolute Gasteiger partial charge is 0.323 e. The fraction of sp³-hybridized carbons (Fsp3) is 0.333. The molecule has 0 bridgehead atoms. The minimum Gasteiger partial charge on any atom is -0.323 e. The molecule has 0 fully saturated rings. The molecule has 2 aromatic carbocycles. The van der Waals surface area contributed by atoms with Gasteiger partial charge in [-0.05, 0) is 36.1 Å². The molecule has 0 aromatic heterocycles. The first-order valence-electron chi connectivity index (χ1n) is 7.31. The number of hydrogen-bond acceptors (Lipinski definition) is 2. The molecule has 112 valence electrons. The lowest BCUT2D eigenvalue weighted by Gasteiger charge is -2.20. The van der Waals surface area contributed by atoms with Crippen LogP contribution in [0.3, 0.4) is 0 Å². The average Bonchev–Trinajstić information content (AvgIpc) is 2.53. The van der Waals surface area contributed by atoms with E-state index in [9.17, 15) is 4.21 Å². The monoisotopic (exact) mass is 301 g/mol. The first kappa shape index (κ1) is 15.9. The summed E-state index contributed by atoms with van der Waals surface area (Å²) in [7, 11) is -1.11. The predicted molar refractivity (Wildman–Crippen MR) is 89.8 cm³/mol. The maximum atomic E-state index is 12.7. The van der Waals surface area contributed by atoms with E-state index in [4.69, 9.17) is 5.73 Å². The van der Waals surface area contributed by atoms with Crippen molar-refractivity contribution in [3.63, 3.8) is 0 Å². The van der Waals surface area contributed by atoms with Gasteiger partial charge >= 0.3 is 0 Å². The van der Waals surface area contributed by atoms with Crippen LogP contribution in [0.4, 0.5) is 0 Å². The van der Waals surface area contributed by atoms with E-state index in [1.807, 2.05) is 49.4 Å². The summed E-state index contributed by atoms with van der Waals surface area (Å²) >= 11 is 0. The van der Waals surface area contributed by atoms with Crippen LogP contribution in [0.5, 0.6) is 0 Å². The molecule has 0 saturated heterocycles. The third-order valence-electron chi connectivity index (χ3n) is 3.81. The molecule has 3 unspecified atom stereocenters. The first-order valence-corrected chi connectivity index (χ1v) is 8.53. The molecule has 0 aliphatic rings. The molecule has 0 heterocycles. The van der Waals surface area contributed by atoms with Crippen molar-refractivity contribution in [1.29, 1.82) is 0 Å². The normalized spacial score (nSPS) is 15.7. The summed E-state index contributed by atoms with van der Waals surface area (Å²) < 4.78 is 12.7. The molecule has 3 atom stereocenters. The molecule has 2 N–H and O–H groups in total. The summed E-state index contributed by atoms with van der Waals surface area (Å²) in [5.41, 5.74) is 8.55. The van der Waals surface area contributed by atoms with Crippen LogP contribution in [0, 0.1) is 0 Å². The fourth-order valence-corrected chi connectivity index (χ4v) is 3.54. The highest BCUT2D eigenvalue weighted by Gasteiger charge is 2.22. The quantitative estimate of drug-likeness (QED) is 0.907. The van der Waals surface area contributed by atoms with Gasteiger partial charge in [-0.1, -0.05) is 56.3 Å². The van der Waals surface area contributed by atoms with Crippen LogP contribution < -0.4 is 5.73 Å². The van der Waals surface area contributed by atoms with E-state index in [1.165, 1.54) is 5.56 Å². The van der Waals surface area contributed by atoms with Crippen LogP contribution in [0.1, 0.15) is 43.9 Å². The van der Waals surface area contributed by atoms with Gasteiger partial charge in [0.25, 0.3) is 0 Å². The van der Waals surface area contributed by atoms with Gasteiger partial charge in [0.05, 0.1) is 16.0 Å². The third kappa shape index (κ3) is 3.80. The van der Waals surface area contributed by atoms with Crippen LogP contribution in [-0.4, -0.2) is 9.46 Å². The van der Waals surface area contributed by atoms with Gasteiger partial charge in [0.2, 0.25) is 0 Å². The van der Waals surface area contributed by atoms with Crippen LogP contribution in [0.15, 0.2) is 59.5 Å². The van der Waals surface area contributed by atoms with Gasteiger partial charge in [0.1, 0.15) is 0 Å². The Hall–Kier alpha value is -1.45. The maximum Gasteiger partial charge on any atom is 0.0577 e. The Morgan fingerprint density at radius 1 is 0.857 bits per heavy atom. The Labute approximate surface area is 129 Å². The highest BCUT2D eigenvalue weighted by atomic mass is 32.2. The molecule has 0 aliphatic carbocycles. The van der Waals surface area contributed by atoms with Crippen LogP contribution >= 0.6 is 0 Å². The van der Waals surface area contributed by atoms with Crippen LogP contribution in [0.25, 0.3) is 0 Å². The molecule has 2 rings (SSSR count). The van der Waals surface area contributed by atoms with E-state index < -0.39 is 10.8 Å². The molecule has 0 saturated carbocycles. The van der Waals surface area contributed by atoms with Gasteiger partial charge in [0.15, 0.2) is 0 Å². The third-order valence-corrected chi connectivity index (χ3v) is 5.51. The fourth-order valence-electron chi connectivity index (χ4n) is 2.28. The van der Waals surface area contributed by atoms with E-state index >= 15 is 0 Å². The van der Waals surface area contributed by atoms with Crippen molar-refractivity contribution in [1.82, 2.24) is 0 Å². The zero-order chi connectivity index (χ0) is 15.4. The van der Waals surface area contributed by atoms with Gasteiger partial charge in [-0.15, -0.1) is 0 Å². The summed E-state index contributed by atoms with van der Waals surface area (Å²) in [6, 6.07) is 17.7. The Kier molecular flexibility index (Phi) is 5.32. The van der Waals surface area contributed by atoms with E-state index in [1.54, 1.807) is 0 Å². The van der Waals surface area contributed by atoms with E-state index in [0.717, 1.165) is 10.5 Å². The number of benzene rings is 2. The highest BCUT2D eigenvalue weighted by molar-refractivity contribution is 7.85. The van der Waals surface area contributed by atoms with Crippen molar-refractivity contribution in [3.8, 4) is 0 Å². The first-order chi connectivity index (χ1) is 10.0. The Bertz CT molecular complexity index is 592. The van der Waals surface area contributed by atoms with E-state index in [0.29, 0.717) is 5.92 Å². The maximum absolute atomic E-state index is 12.7. The Balaban J connectivity index is 2.15. The molecule has 0 spiro atoms. The summed E-state index contributed by atoms with van der Waals surface area (Å²) in [5, 5.41) is -0.128. The standard InChI is InChI=1S/C18H23NOS/c1-13(2)15-9-11-17(12-10-15)21(20)14(3)18(19)16-7-5-4-6-8-16/h4-14,18H,19H2,1-3H3. The van der Waals surface area contributed by atoms with Crippen molar-refractivity contribution in [2.45, 2.75) is 42.9 Å². The van der Waals surface area contributed by atoms with Gasteiger partial charge < -0.3 is 5.73 Å². The lowest BCUT2D eigenvalue weighted by molar-refractivity contribution is 0.643. The summed E-state index contributed by atoms with van der Waals surface area (Å²) in [6.45, 7) is 6.25. The molecule has 0 amide bonds. The zero-order valence-corrected chi connectivity index (χ0v) is 13.6. The molecular weight excluding hydrogens is 278 g/mol. The minimum absolute atomic E-state index is 0.128. The Morgan fingerprint density at radius 2 is 1.43 bits per heavy atom. The number of nitrogens with two attached hydrogens (primary N) is 1. The van der Waals surface area contributed by atoms with Crippen LogP contribution in [-0.2, 0) is 10.8 Å². The summed E-state index contributed by atoms with van der Waals surface area (Å²) in [4.78, 5) is 0.846. The molecule has 2 nitrogen and oxygen atoms in total. The lowest BCUT2D eigenvalue weighted by atomic mass is 10.0. The van der Waals surface area contributed by atoms with Gasteiger partial charge in [-0.3, -0.25) is 4.21 Å². The summed E-state index contributed by atoms with van der Waals surface area (Å²) in [5.74, 6) is 0.483. The zero-order valence-electron chi connectivity index (χ0n) is 12.8. The van der Waals surface area contributed by atoms with Gasteiger partial charge in [-0.25, -0.2) is 0 Å². The second-order valence-corrected chi connectivity index (χ2v) is 7.47.